The first kappa shape index (κ1) is 23.0. The normalized spacial score (nSPS) is 25.9. The van der Waals surface area contributed by atoms with Crippen LogP contribution in [0.25, 0.3) is 0 Å². The van der Waals surface area contributed by atoms with Gasteiger partial charge in [-0.1, -0.05) is 48.9 Å². The second-order valence-electron chi connectivity index (χ2n) is 8.68. The summed E-state index contributed by atoms with van der Waals surface area (Å²) in [5, 5.41) is 8.70. The first-order valence-corrected chi connectivity index (χ1v) is 13.0. The number of allylic oxidation sites excluding steroid dienone is 2. The van der Waals surface area contributed by atoms with Crippen LogP contribution in [0.2, 0.25) is 0 Å². The van der Waals surface area contributed by atoms with Crippen LogP contribution < -0.4 is 0 Å². The Morgan fingerprint density at radius 3 is 2.50 bits per heavy atom. The molecule has 2 bridgehead atoms. The first-order chi connectivity index (χ1) is 14.4. The van der Waals surface area contributed by atoms with Crippen molar-refractivity contribution in [2.75, 3.05) is 5.75 Å². The van der Waals surface area contributed by atoms with Crippen LogP contribution >= 0.6 is 0 Å². The summed E-state index contributed by atoms with van der Waals surface area (Å²) in [5.41, 5.74) is 0.856. The van der Waals surface area contributed by atoms with Crippen molar-refractivity contribution < 1.29 is 23.1 Å². The topological polar surface area (TPSA) is 80.7 Å². The van der Waals surface area contributed by atoms with Gasteiger partial charge >= 0.3 is 5.97 Å². The van der Waals surface area contributed by atoms with Crippen molar-refractivity contribution in [1.82, 2.24) is 0 Å². The predicted octanol–water partition coefficient (Wildman–Crippen LogP) is 4.77. The Bertz CT molecular complexity index is 802. The van der Waals surface area contributed by atoms with E-state index in [1.807, 2.05) is 30.3 Å². The molecule has 30 heavy (non-hydrogen) atoms. The van der Waals surface area contributed by atoms with Gasteiger partial charge in [-0.3, -0.25) is 4.79 Å². The highest BCUT2D eigenvalue weighted by molar-refractivity contribution is 7.90. The van der Waals surface area contributed by atoms with Crippen molar-refractivity contribution in [3.8, 4) is 0 Å². The molecule has 0 aliphatic carbocycles. The van der Waals surface area contributed by atoms with Crippen molar-refractivity contribution in [2.24, 2.45) is 11.8 Å². The molecule has 2 saturated heterocycles. The summed E-state index contributed by atoms with van der Waals surface area (Å²) in [6.45, 7) is 0. The second-order valence-corrected chi connectivity index (χ2v) is 10.9. The number of ether oxygens (including phenoxy) is 1. The maximum Gasteiger partial charge on any atom is 0.303 e. The van der Waals surface area contributed by atoms with E-state index in [1.54, 1.807) is 0 Å². The van der Waals surface area contributed by atoms with Gasteiger partial charge in [0.2, 0.25) is 0 Å². The zero-order valence-corrected chi connectivity index (χ0v) is 18.4. The zero-order chi connectivity index (χ0) is 21.4. The fraction of sp³-hybridized carbons (Fsp3) is 0.625. The van der Waals surface area contributed by atoms with Gasteiger partial charge < -0.3 is 9.84 Å². The molecule has 166 valence electrons. The number of unbranched alkanes of at least 4 members (excludes halogenated alkanes) is 2. The van der Waals surface area contributed by atoms with Crippen molar-refractivity contribution >= 4 is 15.8 Å². The van der Waals surface area contributed by atoms with Gasteiger partial charge in [0.1, 0.15) is 0 Å². The Morgan fingerprint density at radius 1 is 1.03 bits per heavy atom. The van der Waals surface area contributed by atoms with Crippen LogP contribution in [-0.4, -0.2) is 37.5 Å². The second kappa shape index (κ2) is 11.1. The molecule has 4 atom stereocenters. The van der Waals surface area contributed by atoms with E-state index in [0.29, 0.717) is 36.9 Å². The number of hydrogen-bond acceptors (Lipinski definition) is 4. The highest BCUT2D eigenvalue weighted by atomic mass is 32.2. The van der Waals surface area contributed by atoms with Gasteiger partial charge in [-0.25, -0.2) is 8.42 Å². The number of fused-ring (bicyclic) bond motifs is 2. The van der Waals surface area contributed by atoms with Gasteiger partial charge in [-0.15, -0.1) is 0 Å². The van der Waals surface area contributed by atoms with Gasteiger partial charge in [-0.05, 0) is 62.3 Å². The van der Waals surface area contributed by atoms with Crippen molar-refractivity contribution in [3.05, 3.63) is 48.0 Å². The number of hydrogen-bond donors (Lipinski definition) is 1. The predicted molar refractivity (Wildman–Crippen MR) is 118 cm³/mol. The summed E-state index contributed by atoms with van der Waals surface area (Å²) in [5.74, 6) is 0.665. The Morgan fingerprint density at radius 2 is 1.77 bits per heavy atom. The molecular formula is C24H34O5S. The number of rotatable bonds is 13. The summed E-state index contributed by atoms with van der Waals surface area (Å²) >= 11 is 0. The molecule has 0 aromatic heterocycles. The number of carboxylic acids is 1. The third kappa shape index (κ3) is 6.95. The van der Waals surface area contributed by atoms with Crippen LogP contribution in [0.4, 0.5) is 0 Å². The van der Waals surface area contributed by atoms with Crippen LogP contribution in [0.1, 0.15) is 63.4 Å². The molecule has 3 rings (SSSR count). The maximum atomic E-state index is 12.4. The van der Waals surface area contributed by atoms with Gasteiger partial charge in [0.25, 0.3) is 0 Å². The molecule has 2 heterocycles. The molecule has 1 aromatic rings. The maximum absolute atomic E-state index is 12.4. The lowest BCUT2D eigenvalue weighted by molar-refractivity contribution is -0.137. The summed E-state index contributed by atoms with van der Waals surface area (Å²) in [6.07, 6.45) is 12.6. The summed E-state index contributed by atoms with van der Waals surface area (Å²) in [4.78, 5) is 10.6. The number of carboxylic acid groups (broad SMARTS) is 1. The van der Waals surface area contributed by atoms with Crippen molar-refractivity contribution in [1.29, 1.82) is 0 Å². The van der Waals surface area contributed by atoms with Gasteiger partial charge in [-0.2, -0.15) is 0 Å². The Balaban J connectivity index is 1.40. The van der Waals surface area contributed by atoms with Gasteiger partial charge in [0, 0.05) is 6.42 Å². The average Bonchev–Trinajstić information content (AvgIpc) is 3.30. The van der Waals surface area contributed by atoms with E-state index in [-0.39, 0.29) is 17.9 Å². The summed E-state index contributed by atoms with van der Waals surface area (Å²) < 4.78 is 30.9. The van der Waals surface area contributed by atoms with E-state index >= 15 is 0 Å². The molecule has 0 saturated carbocycles. The molecule has 0 amide bonds. The molecule has 1 aromatic carbocycles. The lowest BCUT2D eigenvalue weighted by Gasteiger charge is -2.27. The molecule has 0 spiro atoms. The molecule has 0 unspecified atom stereocenters. The van der Waals surface area contributed by atoms with Gasteiger partial charge in [0.15, 0.2) is 9.84 Å². The molecule has 2 fully saturated rings. The molecule has 6 heteroatoms. The van der Waals surface area contributed by atoms with E-state index in [9.17, 15) is 13.2 Å². The number of sulfone groups is 1. The van der Waals surface area contributed by atoms with Crippen LogP contribution in [0.3, 0.4) is 0 Å². The van der Waals surface area contributed by atoms with Crippen molar-refractivity contribution in [2.45, 2.75) is 75.7 Å². The fourth-order valence-electron chi connectivity index (χ4n) is 4.94. The highest BCUT2D eigenvalue weighted by Gasteiger charge is 2.47. The number of benzene rings is 1. The minimum absolute atomic E-state index is 0.125. The third-order valence-corrected chi connectivity index (χ3v) is 8.08. The SMILES string of the molecule is O=C(O)CCCC=CC[C@@H]1[C@H](CCCCS(=O)(=O)Cc2ccccc2)[C@@H]2CC[C@H]1O2. The van der Waals surface area contributed by atoms with Gasteiger partial charge in [0.05, 0.1) is 23.7 Å². The highest BCUT2D eigenvalue weighted by Crippen LogP contribution is 2.47. The Kier molecular flexibility index (Phi) is 8.51. The summed E-state index contributed by atoms with van der Waals surface area (Å²) in [7, 11) is -3.07. The minimum atomic E-state index is -3.07. The molecule has 5 nitrogen and oxygen atoms in total. The zero-order valence-electron chi connectivity index (χ0n) is 17.6. The van der Waals surface area contributed by atoms with Crippen molar-refractivity contribution in [3.63, 3.8) is 0 Å². The molecule has 2 aliphatic heterocycles. The van der Waals surface area contributed by atoms with Crippen LogP contribution in [0.5, 0.6) is 0 Å². The van der Waals surface area contributed by atoms with Crippen LogP contribution in [-0.2, 0) is 25.1 Å². The van der Waals surface area contributed by atoms with E-state index in [4.69, 9.17) is 9.84 Å². The third-order valence-electron chi connectivity index (χ3n) is 6.40. The van der Waals surface area contributed by atoms with E-state index in [2.05, 4.69) is 12.2 Å². The molecule has 2 aliphatic rings. The lowest BCUT2D eigenvalue weighted by atomic mass is 9.75. The minimum Gasteiger partial charge on any atom is -0.481 e. The van der Waals surface area contributed by atoms with Crippen LogP contribution in [0, 0.1) is 11.8 Å². The van der Waals surface area contributed by atoms with Crippen LogP contribution in [0.15, 0.2) is 42.5 Å². The Labute approximate surface area is 180 Å². The molecular weight excluding hydrogens is 400 g/mol. The average molecular weight is 435 g/mol. The monoisotopic (exact) mass is 434 g/mol. The largest absolute Gasteiger partial charge is 0.481 e. The summed E-state index contributed by atoms with van der Waals surface area (Å²) in [6, 6.07) is 9.38. The Hall–Kier alpha value is -1.66. The van der Waals surface area contributed by atoms with E-state index < -0.39 is 15.8 Å². The molecule has 0 radical (unpaired) electrons. The van der Waals surface area contributed by atoms with E-state index in [1.165, 1.54) is 0 Å². The standard InChI is InChI=1S/C24H34O5S/c25-24(26)14-7-2-1-6-12-20-21(23-16-15-22(20)29-23)13-8-9-17-30(27,28)18-19-10-4-3-5-11-19/h1,3-6,10-11,20-23H,2,7-9,12-18H2,(H,25,26)/t20-,21+,22-,23+/m1/s1. The lowest BCUT2D eigenvalue weighted by Crippen LogP contribution is -2.27. The van der Waals surface area contributed by atoms with E-state index in [0.717, 1.165) is 44.1 Å². The first-order valence-electron chi connectivity index (χ1n) is 11.2. The molecule has 1 N–H and O–H groups in total. The number of aliphatic carboxylic acids is 1. The number of carbonyl (C=O) groups is 1. The quantitative estimate of drug-likeness (QED) is 0.357. The fourth-order valence-corrected chi connectivity index (χ4v) is 6.43. The smallest absolute Gasteiger partial charge is 0.303 e.